The van der Waals surface area contributed by atoms with Gasteiger partial charge in [-0.2, -0.15) is 0 Å². The first kappa shape index (κ1) is 13.9. The van der Waals surface area contributed by atoms with Gasteiger partial charge in [0, 0.05) is 12.7 Å². The molecule has 102 valence electrons. The van der Waals surface area contributed by atoms with Crippen molar-refractivity contribution in [3.63, 3.8) is 0 Å². The van der Waals surface area contributed by atoms with Gasteiger partial charge in [0.05, 0.1) is 6.61 Å². The molecule has 1 aliphatic rings. The van der Waals surface area contributed by atoms with E-state index in [-0.39, 0.29) is 0 Å². The fourth-order valence-electron chi connectivity index (χ4n) is 1.85. The number of ether oxygens (including phenoxy) is 1. The predicted molar refractivity (Wildman–Crippen MR) is 73.5 cm³/mol. The van der Waals surface area contributed by atoms with E-state index in [1.165, 1.54) is 4.90 Å². The van der Waals surface area contributed by atoms with Crippen molar-refractivity contribution in [1.82, 2.24) is 0 Å². The van der Waals surface area contributed by atoms with E-state index < -0.39 is 18.8 Å². The van der Waals surface area contributed by atoms with Gasteiger partial charge in [-0.05, 0) is 43.9 Å². The Morgan fingerprint density at radius 2 is 2.16 bits per heavy atom. The fraction of sp³-hybridized carbons (Fsp3) is 0.462. The van der Waals surface area contributed by atoms with Crippen LogP contribution in [-0.4, -0.2) is 30.9 Å². The van der Waals surface area contributed by atoms with Gasteiger partial charge in [-0.3, -0.25) is 4.90 Å². The number of rotatable bonds is 1. The summed E-state index contributed by atoms with van der Waals surface area (Å²) in [5.41, 5.74) is 1.77. The highest BCUT2D eigenvalue weighted by Crippen LogP contribution is 2.19. The molecule has 1 N–H and O–H groups in total. The number of carbonyl (C=O) groups is 1. The van der Waals surface area contributed by atoms with E-state index in [1.54, 1.807) is 13.1 Å². The molecule has 1 aliphatic heterocycles. The largest absolute Gasteiger partial charge is 0.491 e. The Hall–Kier alpha value is -1.53. The second-order valence-electron chi connectivity index (χ2n) is 5.59. The monoisotopic (exact) mass is 263 g/mol. The fourth-order valence-corrected chi connectivity index (χ4v) is 1.85. The zero-order valence-corrected chi connectivity index (χ0v) is 11.6. The second kappa shape index (κ2) is 4.87. The van der Waals surface area contributed by atoms with E-state index in [0.29, 0.717) is 17.8 Å². The summed E-state index contributed by atoms with van der Waals surface area (Å²) in [7, 11) is 0.722. The summed E-state index contributed by atoms with van der Waals surface area (Å²) in [6, 6.07) is 5.41. The second-order valence-corrected chi connectivity index (χ2v) is 5.59. The molecule has 0 fully saturated rings. The van der Waals surface area contributed by atoms with Crippen LogP contribution in [0.25, 0.3) is 0 Å². The minimum Gasteiger partial charge on any atom is -0.443 e. The highest BCUT2D eigenvalue weighted by Gasteiger charge is 2.28. The summed E-state index contributed by atoms with van der Waals surface area (Å²) in [4.78, 5) is 13.4. The van der Waals surface area contributed by atoms with Crippen LogP contribution in [0.4, 0.5) is 10.5 Å². The average molecular weight is 263 g/mol. The van der Waals surface area contributed by atoms with E-state index in [4.69, 9.17) is 9.39 Å². The summed E-state index contributed by atoms with van der Waals surface area (Å²) < 4.78 is 10.4. The number of carbonyl (C=O) groups excluding carboxylic acids is 1. The Morgan fingerprint density at radius 1 is 1.47 bits per heavy atom. The molecule has 1 amide bonds. The molecule has 0 saturated carbocycles. The molecule has 19 heavy (non-hydrogen) atoms. The third kappa shape index (κ3) is 3.08. The lowest BCUT2D eigenvalue weighted by Gasteiger charge is -2.25. The van der Waals surface area contributed by atoms with Gasteiger partial charge in [0.2, 0.25) is 0 Å². The highest BCUT2D eigenvalue weighted by atomic mass is 16.6. The van der Waals surface area contributed by atoms with Crippen molar-refractivity contribution < 1.29 is 19.2 Å². The summed E-state index contributed by atoms with van der Waals surface area (Å²) in [5, 5.41) is 9.66. The summed E-state index contributed by atoms with van der Waals surface area (Å²) in [6.07, 6.45) is -0.430. The van der Waals surface area contributed by atoms with Crippen LogP contribution in [0.3, 0.4) is 0 Å². The van der Waals surface area contributed by atoms with Crippen LogP contribution in [0.15, 0.2) is 18.2 Å². The molecule has 2 rings (SSSR count). The molecule has 0 aromatic heterocycles. The molecule has 0 unspecified atom stereocenters. The molecule has 0 aliphatic carbocycles. The zero-order chi connectivity index (χ0) is 14.2. The van der Waals surface area contributed by atoms with E-state index >= 15 is 0 Å². The number of anilines is 1. The summed E-state index contributed by atoms with van der Waals surface area (Å²) in [5.74, 6) is 0. The van der Waals surface area contributed by atoms with Gasteiger partial charge in [-0.25, -0.2) is 4.79 Å². The van der Waals surface area contributed by atoms with Crippen molar-refractivity contribution in [1.29, 1.82) is 0 Å². The van der Waals surface area contributed by atoms with Crippen LogP contribution >= 0.6 is 0 Å². The first-order valence-corrected chi connectivity index (χ1v) is 6.17. The van der Waals surface area contributed by atoms with E-state index in [9.17, 15) is 9.82 Å². The predicted octanol–water partition coefficient (Wildman–Crippen LogP) is 1.28. The maximum absolute atomic E-state index is 12.0. The zero-order valence-electron chi connectivity index (χ0n) is 11.6. The molecule has 0 spiro atoms. The molecule has 1 aromatic rings. The van der Waals surface area contributed by atoms with Crippen molar-refractivity contribution in [2.45, 2.75) is 33.0 Å². The van der Waals surface area contributed by atoms with Gasteiger partial charge in [0.25, 0.3) is 0 Å². The molecule has 5 nitrogen and oxygen atoms in total. The molecular weight excluding hydrogens is 245 g/mol. The number of amides is 1. The minimum absolute atomic E-state index is 0.396. The maximum Gasteiger partial charge on any atom is 0.491 e. The van der Waals surface area contributed by atoms with E-state index in [1.807, 2.05) is 32.9 Å². The Bertz CT molecular complexity index is 498. The molecule has 1 heterocycles. The Balaban J connectivity index is 2.18. The molecule has 0 saturated heterocycles. The van der Waals surface area contributed by atoms with E-state index in [0.717, 1.165) is 5.56 Å². The van der Waals surface area contributed by atoms with Gasteiger partial charge < -0.3 is 14.4 Å². The van der Waals surface area contributed by atoms with Crippen LogP contribution in [-0.2, 0) is 16.0 Å². The molecule has 1 aromatic carbocycles. The summed E-state index contributed by atoms with van der Waals surface area (Å²) >= 11 is 0. The van der Waals surface area contributed by atoms with Gasteiger partial charge in [0.1, 0.15) is 5.60 Å². The molecule has 0 bridgehead atoms. The smallest absolute Gasteiger partial charge is 0.443 e. The molecule has 0 atom stereocenters. The topological polar surface area (TPSA) is 59.0 Å². The molecule has 0 radical (unpaired) electrons. The lowest BCUT2D eigenvalue weighted by atomic mass is 9.79. The van der Waals surface area contributed by atoms with Crippen LogP contribution in [0.1, 0.15) is 26.3 Å². The molecule has 6 heteroatoms. The maximum atomic E-state index is 12.0. The Morgan fingerprint density at radius 3 is 2.79 bits per heavy atom. The Kier molecular flexibility index (Phi) is 3.56. The van der Waals surface area contributed by atoms with Gasteiger partial charge >= 0.3 is 13.2 Å². The van der Waals surface area contributed by atoms with Crippen LogP contribution in [0.5, 0.6) is 0 Å². The van der Waals surface area contributed by atoms with Gasteiger partial charge in [-0.15, -0.1) is 0 Å². The van der Waals surface area contributed by atoms with Crippen molar-refractivity contribution in [2.75, 3.05) is 11.9 Å². The van der Waals surface area contributed by atoms with Crippen LogP contribution in [0.2, 0.25) is 0 Å². The minimum atomic E-state index is -0.915. The Labute approximate surface area is 113 Å². The van der Waals surface area contributed by atoms with E-state index in [2.05, 4.69) is 0 Å². The van der Waals surface area contributed by atoms with Gasteiger partial charge in [-0.1, -0.05) is 6.07 Å². The lowest BCUT2D eigenvalue weighted by molar-refractivity contribution is 0.0589. The van der Waals surface area contributed by atoms with Gasteiger partial charge in [0.15, 0.2) is 0 Å². The number of hydrogen-bond acceptors (Lipinski definition) is 4. The van der Waals surface area contributed by atoms with Crippen molar-refractivity contribution in [3.05, 3.63) is 23.8 Å². The normalized spacial score (nSPS) is 14.3. The quantitative estimate of drug-likeness (QED) is 0.775. The number of hydrogen-bond donors (Lipinski definition) is 1. The number of fused-ring (bicyclic) bond motifs is 1. The third-order valence-corrected chi connectivity index (χ3v) is 2.85. The number of nitrogens with zero attached hydrogens (tertiary/aromatic N) is 1. The lowest BCUT2D eigenvalue weighted by Crippen LogP contribution is -2.35. The SMILES string of the molecule is CN(C(=O)OC(C)(C)C)c1ccc2c(c1)B(O)OC2. The first-order chi connectivity index (χ1) is 8.78. The average Bonchev–Trinajstić information content (AvgIpc) is 2.67. The first-order valence-electron chi connectivity index (χ1n) is 6.17. The number of benzene rings is 1. The van der Waals surface area contributed by atoms with Crippen molar-refractivity contribution in [3.8, 4) is 0 Å². The van der Waals surface area contributed by atoms with Crippen molar-refractivity contribution in [2.24, 2.45) is 0 Å². The third-order valence-electron chi connectivity index (χ3n) is 2.85. The van der Waals surface area contributed by atoms with Crippen LogP contribution < -0.4 is 10.4 Å². The van der Waals surface area contributed by atoms with Crippen LogP contribution in [0, 0.1) is 0 Å². The standard InChI is InChI=1S/C13H18BNO4/c1-13(2,3)19-12(16)15(4)10-6-5-9-8-18-14(17)11(9)7-10/h5-7,17H,8H2,1-4H3. The summed E-state index contributed by atoms with van der Waals surface area (Å²) in [6.45, 7) is 5.85. The highest BCUT2D eigenvalue weighted by molar-refractivity contribution is 6.61. The van der Waals surface area contributed by atoms with Crippen molar-refractivity contribution >= 4 is 24.4 Å². The molecular formula is C13H18BNO4.